The van der Waals surface area contributed by atoms with Crippen molar-refractivity contribution in [1.82, 2.24) is 15.1 Å². The summed E-state index contributed by atoms with van der Waals surface area (Å²) in [7, 11) is 3.73. The van der Waals surface area contributed by atoms with E-state index in [2.05, 4.69) is 22.7 Å². The van der Waals surface area contributed by atoms with Crippen molar-refractivity contribution < 1.29 is 4.79 Å². The van der Waals surface area contributed by atoms with Crippen LogP contribution < -0.4 is 10.6 Å². The molecule has 20 heavy (non-hydrogen) atoms. The van der Waals surface area contributed by atoms with Gasteiger partial charge in [0, 0.05) is 25.0 Å². The zero-order chi connectivity index (χ0) is 14.7. The summed E-state index contributed by atoms with van der Waals surface area (Å²) in [5.74, 6) is -0.134. The highest BCUT2D eigenvalue weighted by atomic mass is 16.1. The van der Waals surface area contributed by atoms with Crippen LogP contribution in [-0.2, 0) is 7.05 Å². The lowest BCUT2D eigenvalue weighted by molar-refractivity contribution is 0.102. The van der Waals surface area contributed by atoms with E-state index in [1.54, 1.807) is 17.9 Å². The Morgan fingerprint density at radius 2 is 1.95 bits per heavy atom. The Labute approximate surface area is 119 Å². The first kappa shape index (κ1) is 14.3. The molecule has 1 heterocycles. The van der Waals surface area contributed by atoms with E-state index >= 15 is 0 Å². The molecule has 5 nitrogen and oxygen atoms in total. The van der Waals surface area contributed by atoms with Crippen LogP contribution in [0.3, 0.4) is 0 Å². The number of hydrogen-bond donors (Lipinski definition) is 2. The van der Waals surface area contributed by atoms with Crippen LogP contribution in [0.2, 0.25) is 0 Å². The average Bonchev–Trinajstić information content (AvgIpc) is 2.78. The minimum Gasteiger partial charge on any atom is -0.322 e. The van der Waals surface area contributed by atoms with Crippen molar-refractivity contribution in [3.8, 4) is 0 Å². The van der Waals surface area contributed by atoms with Gasteiger partial charge in [-0.2, -0.15) is 5.10 Å². The molecule has 1 atom stereocenters. The third-order valence-electron chi connectivity index (χ3n) is 3.36. The Bertz CT molecular complexity index is 601. The predicted molar refractivity (Wildman–Crippen MR) is 79.8 cm³/mol. The third-order valence-corrected chi connectivity index (χ3v) is 3.36. The van der Waals surface area contributed by atoms with Crippen molar-refractivity contribution >= 4 is 11.6 Å². The van der Waals surface area contributed by atoms with Crippen LogP contribution in [0.15, 0.2) is 30.5 Å². The topological polar surface area (TPSA) is 58.9 Å². The van der Waals surface area contributed by atoms with Crippen molar-refractivity contribution in [1.29, 1.82) is 0 Å². The summed E-state index contributed by atoms with van der Waals surface area (Å²) >= 11 is 0. The summed E-state index contributed by atoms with van der Waals surface area (Å²) in [5, 5.41) is 10.2. The molecule has 1 aromatic carbocycles. The first-order valence-electron chi connectivity index (χ1n) is 6.60. The minimum atomic E-state index is -0.134. The van der Waals surface area contributed by atoms with Crippen LogP contribution in [-0.4, -0.2) is 22.7 Å². The van der Waals surface area contributed by atoms with Crippen molar-refractivity contribution in [2.24, 2.45) is 7.05 Å². The number of carbonyl (C=O) groups is 1. The van der Waals surface area contributed by atoms with Crippen molar-refractivity contribution in [2.75, 3.05) is 12.4 Å². The first-order valence-corrected chi connectivity index (χ1v) is 6.60. The maximum Gasteiger partial charge on any atom is 0.259 e. The number of benzene rings is 1. The molecule has 0 aliphatic heterocycles. The second-order valence-electron chi connectivity index (χ2n) is 4.89. The highest BCUT2D eigenvalue weighted by Gasteiger charge is 2.12. The van der Waals surface area contributed by atoms with Gasteiger partial charge in [0.1, 0.15) is 0 Å². The highest BCUT2D eigenvalue weighted by Crippen LogP contribution is 2.16. The van der Waals surface area contributed by atoms with Crippen LogP contribution in [0.25, 0.3) is 0 Å². The Balaban J connectivity index is 2.10. The molecule has 0 aliphatic rings. The van der Waals surface area contributed by atoms with Crippen LogP contribution in [0, 0.1) is 6.92 Å². The molecule has 1 aromatic heterocycles. The van der Waals surface area contributed by atoms with Gasteiger partial charge in [-0.15, -0.1) is 0 Å². The summed E-state index contributed by atoms with van der Waals surface area (Å²) in [5.41, 5.74) is 3.29. The van der Waals surface area contributed by atoms with Gasteiger partial charge in [-0.05, 0) is 38.6 Å². The van der Waals surface area contributed by atoms with Crippen LogP contribution >= 0.6 is 0 Å². The normalized spacial score (nSPS) is 12.2. The quantitative estimate of drug-likeness (QED) is 0.897. The summed E-state index contributed by atoms with van der Waals surface area (Å²) < 4.78 is 1.64. The lowest BCUT2D eigenvalue weighted by Gasteiger charge is -2.11. The van der Waals surface area contributed by atoms with Gasteiger partial charge in [-0.25, -0.2) is 0 Å². The number of rotatable bonds is 4. The van der Waals surface area contributed by atoms with Crippen LogP contribution in [0.4, 0.5) is 5.69 Å². The minimum absolute atomic E-state index is 0.134. The van der Waals surface area contributed by atoms with Gasteiger partial charge in [0.2, 0.25) is 0 Å². The van der Waals surface area contributed by atoms with E-state index in [0.29, 0.717) is 11.6 Å². The Morgan fingerprint density at radius 3 is 2.45 bits per heavy atom. The fraction of sp³-hybridized carbons (Fsp3) is 0.333. The molecule has 0 aliphatic carbocycles. The number of anilines is 1. The molecule has 5 heteroatoms. The summed E-state index contributed by atoms with van der Waals surface area (Å²) in [6.07, 6.45) is 1.72. The highest BCUT2D eigenvalue weighted by molar-refractivity contribution is 6.04. The molecule has 0 saturated heterocycles. The van der Waals surface area contributed by atoms with E-state index in [4.69, 9.17) is 0 Å². The zero-order valence-electron chi connectivity index (χ0n) is 12.3. The molecular weight excluding hydrogens is 252 g/mol. The molecule has 2 N–H and O–H groups in total. The number of aromatic nitrogens is 2. The lowest BCUT2D eigenvalue weighted by atomic mass is 10.1. The maximum atomic E-state index is 12.1. The van der Waals surface area contributed by atoms with E-state index in [0.717, 1.165) is 11.4 Å². The number of nitrogens with one attached hydrogen (secondary N) is 2. The summed E-state index contributed by atoms with van der Waals surface area (Å²) in [6, 6.07) is 8.12. The van der Waals surface area contributed by atoms with Crippen molar-refractivity contribution in [3.63, 3.8) is 0 Å². The van der Waals surface area contributed by atoms with Gasteiger partial charge < -0.3 is 10.6 Å². The SMILES string of the molecule is CNC(C)c1ccc(NC(=O)c2cn(C)nc2C)cc1. The number of hydrogen-bond acceptors (Lipinski definition) is 3. The van der Waals surface area contributed by atoms with Gasteiger partial charge in [0.25, 0.3) is 5.91 Å². The van der Waals surface area contributed by atoms with E-state index in [1.807, 2.05) is 38.2 Å². The number of nitrogens with zero attached hydrogens (tertiary/aromatic N) is 2. The number of carbonyl (C=O) groups excluding carboxylic acids is 1. The summed E-state index contributed by atoms with van der Waals surface area (Å²) in [4.78, 5) is 12.1. The van der Waals surface area contributed by atoms with Crippen LogP contribution in [0.1, 0.15) is 34.6 Å². The van der Waals surface area contributed by atoms with Crippen molar-refractivity contribution in [2.45, 2.75) is 19.9 Å². The third kappa shape index (κ3) is 3.05. The molecular formula is C15H20N4O. The van der Waals surface area contributed by atoms with E-state index in [-0.39, 0.29) is 5.91 Å². The molecule has 0 fully saturated rings. The molecule has 0 bridgehead atoms. The fourth-order valence-electron chi connectivity index (χ4n) is 2.04. The van der Waals surface area contributed by atoms with Gasteiger partial charge >= 0.3 is 0 Å². The predicted octanol–water partition coefficient (Wildman–Crippen LogP) is 2.26. The fourth-order valence-corrected chi connectivity index (χ4v) is 2.04. The van der Waals surface area contributed by atoms with Gasteiger partial charge in [-0.3, -0.25) is 9.48 Å². The van der Waals surface area contributed by atoms with E-state index in [1.165, 1.54) is 5.56 Å². The van der Waals surface area contributed by atoms with Crippen molar-refractivity contribution in [3.05, 3.63) is 47.3 Å². The molecule has 1 amide bonds. The van der Waals surface area contributed by atoms with Gasteiger partial charge in [0.05, 0.1) is 11.3 Å². The summed E-state index contributed by atoms with van der Waals surface area (Å²) in [6.45, 7) is 3.92. The van der Waals surface area contributed by atoms with Crippen LogP contribution in [0.5, 0.6) is 0 Å². The second-order valence-corrected chi connectivity index (χ2v) is 4.89. The monoisotopic (exact) mass is 272 g/mol. The Morgan fingerprint density at radius 1 is 1.30 bits per heavy atom. The molecule has 0 saturated carbocycles. The molecule has 106 valence electrons. The molecule has 2 rings (SSSR count). The van der Waals surface area contributed by atoms with E-state index in [9.17, 15) is 4.79 Å². The lowest BCUT2D eigenvalue weighted by Crippen LogP contribution is -2.14. The van der Waals surface area contributed by atoms with Gasteiger partial charge in [-0.1, -0.05) is 12.1 Å². The first-order chi connectivity index (χ1) is 9.51. The zero-order valence-corrected chi connectivity index (χ0v) is 12.3. The standard InChI is InChI=1S/C15H20N4O/c1-10(16-3)12-5-7-13(8-6-12)17-15(20)14-9-19(4)18-11(14)2/h5-10,16H,1-4H3,(H,17,20). The number of amides is 1. The largest absolute Gasteiger partial charge is 0.322 e. The average molecular weight is 272 g/mol. The molecule has 0 spiro atoms. The van der Waals surface area contributed by atoms with Gasteiger partial charge in [0.15, 0.2) is 0 Å². The molecule has 2 aromatic rings. The Hall–Kier alpha value is -2.14. The maximum absolute atomic E-state index is 12.1. The Kier molecular flexibility index (Phi) is 4.20. The molecule has 1 unspecified atom stereocenters. The van der Waals surface area contributed by atoms with E-state index < -0.39 is 0 Å². The smallest absolute Gasteiger partial charge is 0.259 e. The molecule has 0 radical (unpaired) electrons. The number of aryl methyl sites for hydroxylation is 2. The second kappa shape index (κ2) is 5.88.